The van der Waals surface area contributed by atoms with E-state index in [4.69, 9.17) is 10.7 Å². The molecule has 2 aliphatic rings. The molecule has 11 heteroatoms. The van der Waals surface area contributed by atoms with E-state index in [1.54, 1.807) is 19.1 Å². The molecule has 2 amide bonds. The van der Waals surface area contributed by atoms with E-state index >= 15 is 0 Å². The number of nitrogens with zero attached hydrogens (tertiary/aromatic N) is 4. The van der Waals surface area contributed by atoms with E-state index in [2.05, 4.69) is 35.4 Å². The van der Waals surface area contributed by atoms with E-state index in [0.29, 0.717) is 31.4 Å². The van der Waals surface area contributed by atoms with Gasteiger partial charge in [0.25, 0.3) is 15.9 Å². The van der Waals surface area contributed by atoms with Crippen LogP contribution in [0.25, 0.3) is 0 Å². The number of nitrogen functional groups attached to an aromatic ring is 1. The maximum absolute atomic E-state index is 13.3. The van der Waals surface area contributed by atoms with Gasteiger partial charge in [0.15, 0.2) is 5.03 Å². The average molecular weight is 515 g/mol. The van der Waals surface area contributed by atoms with E-state index in [0.717, 1.165) is 25.0 Å². The molecule has 0 bridgehead atoms. The largest absolute Gasteiger partial charge is 0.384 e. The fraction of sp³-hybridized carbons (Fsp3) is 0.520. The third kappa shape index (κ3) is 5.02. The Hall–Kier alpha value is -3.21. The summed E-state index contributed by atoms with van der Waals surface area (Å²) in [6, 6.07) is 7.68. The second-order valence-corrected chi connectivity index (χ2v) is 11.8. The van der Waals surface area contributed by atoms with Crippen molar-refractivity contribution in [2.24, 2.45) is 5.92 Å². The summed E-state index contributed by atoms with van der Waals surface area (Å²) in [4.78, 5) is 37.8. The van der Waals surface area contributed by atoms with Crippen LogP contribution in [0, 0.1) is 5.92 Å². The molecule has 2 saturated heterocycles. The Morgan fingerprint density at radius 1 is 1.06 bits per heavy atom. The van der Waals surface area contributed by atoms with Crippen LogP contribution < -0.4 is 15.4 Å². The monoisotopic (exact) mass is 514 g/mol. The van der Waals surface area contributed by atoms with Crippen LogP contribution in [-0.2, 0) is 14.8 Å². The lowest BCUT2D eigenvalue weighted by atomic mass is 9.90. The average Bonchev–Trinajstić information content (AvgIpc) is 3.10. The molecule has 36 heavy (non-hydrogen) atoms. The number of rotatable bonds is 5. The molecule has 0 radical (unpaired) electrons. The van der Waals surface area contributed by atoms with Crippen LogP contribution in [0.3, 0.4) is 0 Å². The van der Waals surface area contributed by atoms with Crippen LogP contribution in [0.2, 0.25) is 0 Å². The van der Waals surface area contributed by atoms with Crippen LogP contribution in [0.1, 0.15) is 68.9 Å². The van der Waals surface area contributed by atoms with E-state index in [-0.39, 0.29) is 33.8 Å². The number of carbonyl (C=O) groups is 2. The molecule has 0 saturated carbocycles. The quantitative estimate of drug-likeness (QED) is 0.621. The molecule has 2 aliphatic heterocycles. The maximum atomic E-state index is 13.3. The minimum Gasteiger partial charge on any atom is -0.384 e. The van der Waals surface area contributed by atoms with Gasteiger partial charge >= 0.3 is 0 Å². The lowest BCUT2D eigenvalue weighted by Crippen LogP contribution is -2.44. The molecule has 0 aromatic carbocycles. The maximum Gasteiger partial charge on any atom is 0.281 e. The van der Waals surface area contributed by atoms with Crippen molar-refractivity contribution in [3.63, 3.8) is 0 Å². The van der Waals surface area contributed by atoms with Crippen LogP contribution in [0.5, 0.6) is 0 Å². The minimum absolute atomic E-state index is 0.0423. The van der Waals surface area contributed by atoms with Gasteiger partial charge in [0.1, 0.15) is 11.6 Å². The number of sulfonamides is 1. The highest BCUT2D eigenvalue weighted by molar-refractivity contribution is 7.90. The second-order valence-electron chi connectivity index (χ2n) is 10.2. The van der Waals surface area contributed by atoms with E-state index in [9.17, 15) is 18.0 Å². The van der Waals surface area contributed by atoms with Crippen LogP contribution in [0.15, 0.2) is 35.4 Å². The summed E-state index contributed by atoms with van der Waals surface area (Å²) in [5.74, 6) is 0.329. The molecule has 1 atom stereocenters. The van der Waals surface area contributed by atoms with Crippen molar-refractivity contribution in [2.45, 2.75) is 63.4 Å². The highest BCUT2D eigenvalue weighted by Gasteiger charge is 2.41. The first-order valence-electron chi connectivity index (χ1n) is 12.2. The number of amides is 2. The molecule has 1 unspecified atom stereocenters. The Labute approximate surface area is 212 Å². The molecule has 4 heterocycles. The molecule has 3 N–H and O–H groups in total. The number of piperidine rings is 1. The van der Waals surface area contributed by atoms with Crippen molar-refractivity contribution in [1.29, 1.82) is 0 Å². The Bertz CT molecular complexity index is 1270. The van der Waals surface area contributed by atoms with E-state index in [1.165, 1.54) is 18.2 Å². The van der Waals surface area contributed by atoms with Gasteiger partial charge in [-0.05, 0) is 63.3 Å². The summed E-state index contributed by atoms with van der Waals surface area (Å²) in [5, 5.41) is -0.325. The molecular weight excluding hydrogens is 480 g/mol. The predicted octanol–water partition coefficient (Wildman–Crippen LogP) is 2.53. The number of hydrogen-bond donors (Lipinski definition) is 2. The van der Waals surface area contributed by atoms with E-state index < -0.39 is 15.9 Å². The first kappa shape index (κ1) is 25.9. The van der Waals surface area contributed by atoms with Gasteiger partial charge in [0.2, 0.25) is 5.91 Å². The number of anilines is 2. The van der Waals surface area contributed by atoms with Gasteiger partial charge < -0.3 is 15.5 Å². The zero-order chi connectivity index (χ0) is 26.3. The fourth-order valence-electron chi connectivity index (χ4n) is 4.98. The van der Waals surface area contributed by atoms with Crippen LogP contribution in [-0.4, -0.2) is 60.3 Å². The summed E-state index contributed by atoms with van der Waals surface area (Å²) < 4.78 is 27.9. The van der Waals surface area contributed by atoms with Crippen molar-refractivity contribution >= 4 is 33.5 Å². The molecule has 2 fully saturated rings. The molecule has 194 valence electrons. The Morgan fingerprint density at radius 2 is 1.75 bits per heavy atom. The Balaban J connectivity index is 1.68. The first-order valence-corrected chi connectivity index (χ1v) is 13.7. The SMILES string of the molecule is CC(=O)N1CCC(c2ccc(C(=O)NS(=O)(=O)c3cccc(N)n3)c(N3CCC(C)C3(C)C)n2)CC1. The summed E-state index contributed by atoms with van der Waals surface area (Å²) in [6.07, 6.45) is 2.50. The van der Waals surface area contributed by atoms with Crippen molar-refractivity contribution in [1.82, 2.24) is 19.6 Å². The first-order chi connectivity index (χ1) is 16.9. The Morgan fingerprint density at radius 3 is 2.33 bits per heavy atom. The molecule has 2 aromatic heterocycles. The summed E-state index contributed by atoms with van der Waals surface area (Å²) in [5.41, 5.74) is 6.40. The van der Waals surface area contributed by atoms with Gasteiger partial charge in [-0.25, -0.2) is 14.7 Å². The third-order valence-electron chi connectivity index (χ3n) is 7.69. The fourth-order valence-corrected chi connectivity index (χ4v) is 5.92. The topological polar surface area (TPSA) is 139 Å². The zero-order valence-corrected chi connectivity index (χ0v) is 22.0. The molecule has 0 aliphatic carbocycles. The summed E-state index contributed by atoms with van der Waals surface area (Å²) >= 11 is 0. The van der Waals surface area contributed by atoms with Crippen molar-refractivity contribution < 1.29 is 18.0 Å². The Kier molecular flexibility index (Phi) is 6.96. The van der Waals surface area contributed by atoms with Gasteiger partial charge in [-0.1, -0.05) is 13.0 Å². The molecule has 0 spiro atoms. The van der Waals surface area contributed by atoms with Crippen LogP contribution >= 0.6 is 0 Å². The highest BCUT2D eigenvalue weighted by atomic mass is 32.2. The zero-order valence-electron chi connectivity index (χ0n) is 21.2. The summed E-state index contributed by atoms with van der Waals surface area (Å²) in [6.45, 7) is 10.00. The number of nitrogens with two attached hydrogens (primary N) is 1. The van der Waals surface area contributed by atoms with Gasteiger partial charge in [-0.15, -0.1) is 0 Å². The molecular formula is C25H34N6O4S. The number of likely N-dealkylation sites (tertiary alicyclic amines) is 1. The lowest BCUT2D eigenvalue weighted by molar-refractivity contribution is -0.129. The second kappa shape index (κ2) is 9.68. The number of carbonyl (C=O) groups excluding carboxylic acids is 2. The third-order valence-corrected chi connectivity index (χ3v) is 8.92. The predicted molar refractivity (Wildman–Crippen MR) is 137 cm³/mol. The molecule has 2 aromatic rings. The molecule has 4 rings (SSSR count). The number of hydrogen-bond acceptors (Lipinski definition) is 8. The normalized spacial score (nSPS) is 20.4. The smallest absolute Gasteiger partial charge is 0.281 e. The number of pyridine rings is 2. The van der Waals surface area contributed by atoms with Gasteiger partial charge in [-0.3, -0.25) is 9.59 Å². The van der Waals surface area contributed by atoms with Crippen molar-refractivity contribution in [3.8, 4) is 0 Å². The van der Waals surface area contributed by atoms with Crippen molar-refractivity contribution in [3.05, 3.63) is 41.6 Å². The molecule has 10 nitrogen and oxygen atoms in total. The van der Waals surface area contributed by atoms with Gasteiger partial charge in [-0.2, -0.15) is 8.42 Å². The lowest BCUT2D eigenvalue weighted by Gasteiger charge is -2.37. The van der Waals surface area contributed by atoms with Crippen molar-refractivity contribution in [2.75, 3.05) is 30.3 Å². The number of aromatic nitrogens is 2. The standard InChI is InChI=1S/C25H34N6O4S/c1-16-10-15-31(25(16,3)4)23-19(24(33)29-36(34,35)22-7-5-6-21(26)28-22)8-9-20(27-23)18-11-13-30(14-12-18)17(2)32/h5-9,16,18H,10-15H2,1-4H3,(H2,26,28)(H,29,33). The highest BCUT2D eigenvalue weighted by Crippen LogP contribution is 2.39. The summed E-state index contributed by atoms with van der Waals surface area (Å²) in [7, 11) is -4.23. The minimum atomic E-state index is -4.23. The van der Waals surface area contributed by atoms with Crippen LogP contribution in [0.4, 0.5) is 11.6 Å². The van der Waals surface area contributed by atoms with Gasteiger partial charge in [0, 0.05) is 43.7 Å². The van der Waals surface area contributed by atoms with Gasteiger partial charge in [0.05, 0.1) is 5.56 Å². The number of nitrogens with one attached hydrogen (secondary N) is 1. The van der Waals surface area contributed by atoms with E-state index in [1.807, 2.05) is 4.90 Å².